The quantitative estimate of drug-likeness (QED) is 0.0703. The maximum absolute atomic E-state index is 14.2. The predicted molar refractivity (Wildman–Crippen MR) is 286 cm³/mol. The molecule has 9 rings (SSSR count). The van der Waals surface area contributed by atoms with Crippen LogP contribution in [0.15, 0.2) is 90.6 Å². The molecule has 2 amide bonds. The number of hydrogen-bond acceptors (Lipinski definition) is 13. The molecule has 0 radical (unpaired) electrons. The zero-order valence-corrected chi connectivity index (χ0v) is 43.9. The van der Waals surface area contributed by atoms with E-state index in [9.17, 15) is 28.7 Å². The van der Waals surface area contributed by atoms with Crippen LogP contribution in [0.1, 0.15) is 101 Å². The zero-order chi connectivity index (χ0) is 51.9. The van der Waals surface area contributed by atoms with Crippen LogP contribution in [-0.2, 0) is 25.6 Å². The van der Waals surface area contributed by atoms with Crippen molar-refractivity contribution in [1.29, 1.82) is 0 Å². The van der Waals surface area contributed by atoms with E-state index in [0.29, 0.717) is 51.1 Å². The van der Waals surface area contributed by atoms with Crippen LogP contribution in [0.3, 0.4) is 0 Å². The van der Waals surface area contributed by atoms with Crippen LogP contribution in [-0.4, -0.2) is 127 Å². The van der Waals surface area contributed by atoms with Crippen LogP contribution in [0.5, 0.6) is 0 Å². The number of nitrogens with one attached hydrogen (secondary N) is 1. The Bertz CT molecular complexity index is 2930. The van der Waals surface area contributed by atoms with Crippen LogP contribution in [0.4, 0.5) is 16.0 Å². The molecule has 0 spiro atoms. The molecule has 74 heavy (non-hydrogen) atoms. The fourth-order valence-corrected chi connectivity index (χ4v) is 11.6. The SMILES string of the molecule is Cc1ncsc1-c1ccc(CCC(=O)[C@@H]2C[C@@H](O)CN2C(=O)[C@@H](CC(=O)CCCCCNC(=O)CN2CCN(c3cccc(-c4cnc5ccc(N6CCC[C@@H]6c6cccc(F)c6)nn45)n3)CC2)C(C)(C)C)cc1. The fraction of sp³-hybridized carbons (Fsp3) is 0.474. The maximum atomic E-state index is 14.2. The van der Waals surface area contributed by atoms with Gasteiger partial charge in [-0.1, -0.05) is 69.7 Å². The van der Waals surface area contributed by atoms with Gasteiger partial charge in [0.2, 0.25) is 11.8 Å². The molecule has 0 saturated carbocycles. The first-order valence-corrected chi connectivity index (χ1v) is 27.2. The first-order valence-electron chi connectivity index (χ1n) is 26.3. The average molecular weight is 1030 g/mol. The molecule has 2 N–H and O–H groups in total. The number of piperazine rings is 1. The Morgan fingerprint density at radius 3 is 2.45 bits per heavy atom. The number of anilines is 2. The Kier molecular flexibility index (Phi) is 16.6. The van der Waals surface area contributed by atoms with E-state index in [-0.39, 0.29) is 61.0 Å². The number of carbonyl (C=O) groups excluding carboxylic acids is 4. The van der Waals surface area contributed by atoms with Crippen molar-refractivity contribution >= 4 is 52.0 Å². The summed E-state index contributed by atoms with van der Waals surface area (Å²) in [5.41, 5.74) is 7.61. The second-order valence-electron chi connectivity index (χ2n) is 21.3. The summed E-state index contributed by atoms with van der Waals surface area (Å²) in [5.74, 6) is 0.443. The topological polar surface area (TPSA) is 169 Å². The lowest BCUT2D eigenvalue weighted by Gasteiger charge is -2.35. The van der Waals surface area contributed by atoms with Crippen molar-refractivity contribution in [3.8, 4) is 21.8 Å². The number of carbonyl (C=O) groups is 4. The first kappa shape index (κ1) is 52.4. The highest BCUT2D eigenvalue weighted by Crippen LogP contribution is 2.37. The lowest BCUT2D eigenvalue weighted by Crippen LogP contribution is -2.49. The molecule has 0 aliphatic carbocycles. The molecule has 2 aromatic carbocycles. The summed E-state index contributed by atoms with van der Waals surface area (Å²) in [6, 6.07) is 24.2. The minimum Gasteiger partial charge on any atom is -0.391 e. The molecule has 3 saturated heterocycles. The minimum atomic E-state index is -0.792. The summed E-state index contributed by atoms with van der Waals surface area (Å²) < 4.78 is 16.0. The van der Waals surface area contributed by atoms with Gasteiger partial charge in [0, 0.05) is 77.4 Å². The molecule has 6 aromatic rings. The number of amides is 2. The Morgan fingerprint density at radius 1 is 0.892 bits per heavy atom. The number of halogens is 1. The van der Waals surface area contributed by atoms with Crippen LogP contribution in [0.25, 0.3) is 27.5 Å². The monoisotopic (exact) mass is 1020 g/mol. The highest BCUT2D eigenvalue weighted by atomic mass is 32.1. The van der Waals surface area contributed by atoms with E-state index in [0.717, 1.165) is 95.6 Å². The van der Waals surface area contributed by atoms with E-state index in [1.54, 1.807) is 29.7 Å². The van der Waals surface area contributed by atoms with Gasteiger partial charge in [-0.05, 0) is 97.5 Å². The number of aliphatic hydroxyl groups excluding tert-OH is 1. The van der Waals surface area contributed by atoms with Gasteiger partial charge in [0.05, 0.1) is 52.7 Å². The van der Waals surface area contributed by atoms with Gasteiger partial charge in [-0.3, -0.25) is 24.1 Å². The second-order valence-corrected chi connectivity index (χ2v) is 22.2. The van der Waals surface area contributed by atoms with E-state index in [2.05, 4.69) is 30.0 Å². The van der Waals surface area contributed by atoms with E-state index in [1.165, 1.54) is 11.0 Å². The molecule has 7 heterocycles. The van der Waals surface area contributed by atoms with Crippen LogP contribution < -0.4 is 15.1 Å². The zero-order valence-electron chi connectivity index (χ0n) is 43.1. The third-order valence-electron chi connectivity index (χ3n) is 15.0. The molecule has 0 unspecified atom stereocenters. The van der Waals surface area contributed by atoms with Gasteiger partial charge in [-0.2, -0.15) is 0 Å². The molecule has 4 atom stereocenters. The molecule has 4 aromatic heterocycles. The number of β-amino-alcohol motifs (C(OH)–C–C–N with tert-alkyl or cyclic N) is 1. The molecule has 3 aliphatic rings. The Morgan fingerprint density at radius 2 is 1.69 bits per heavy atom. The van der Waals surface area contributed by atoms with Crippen LogP contribution >= 0.6 is 11.3 Å². The Labute approximate surface area is 437 Å². The number of nitrogens with zero attached hydrogens (tertiary/aromatic N) is 9. The van der Waals surface area contributed by atoms with Crippen molar-refractivity contribution in [2.75, 3.05) is 62.2 Å². The number of likely N-dealkylation sites (tertiary alicyclic amines) is 1. The number of aryl methyl sites for hydroxylation is 2. The van der Waals surface area contributed by atoms with Crippen molar-refractivity contribution < 1.29 is 28.7 Å². The molecule has 390 valence electrons. The molecule has 15 nitrogen and oxygen atoms in total. The summed E-state index contributed by atoms with van der Waals surface area (Å²) in [7, 11) is 0. The van der Waals surface area contributed by atoms with Crippen molar-refractivity contribution in [3.63, 3.8) is 0 Å². The molecular formula is C57H69FN10O5S. The van der Waals surface area contributed by atoms with E-state index in [1.807, 2.05) is 98.4 Å². The van der Waals surface area contributed by atoms with Gasteiger partial charge in [0.1, 0.15) is 28.9 Å². The number of rotatable bonds is 20. The Hall–Kier alpha value is -6.43. The first-order chi connectivity index (χ1) is 35.7. The number of Topliss-reactive ketones (excluding diaryl/α,β-unsaturated/α-hetero) is 2. The van der Waals surface area contributed by atoms with Crippen molar-refractivity contribution in [1.82, 2.24) is 39.7 Å². The van der Waals surface area contributed by atoms with E-state index < -0.39 is 23.5 Å². The molecular weight excluding hydrogens is 956 g/mol. The van der Waals surface area contributed by atoms with E-state index >= 15 is 0 Å². The minimum absolute atomic E-state index is 0.000240. The van der Waals surface area contributed by atoms with Gasteiger partial charge in [0.15, 0.2) is 11.4 Å². The number of aromatic nitrogens is 5. The number of benzene rings is 2. The second kappa shape index (κ2) is 23.4. The molecule has 17 heteroatoms. The third kappa shape index (κ3) is 12.6. The lowest BCUT2D eigenvalue weighted by atomic mass is 9.76. The fourth-order valence-electron chi connectivity index (χ4n) is 10.8. The smallest absolute Gasteiger partial charge is 0.234 e. The molecule has 3 fully saturated rings. The third-order valence-corrected chi connectivity index (χ3v) is 16.0. The van der Waals surface area contributed by atoms with Crippen molar-refractivity contribution in [2.24, 2.45) is 11.3 Å². The number of hydrogen-bond donors (Lipinski definition) is 2. The average Bonchev–Trinajstić information content (AvgIpc) is 4.23. The number of thiazole rings is 1. The largest absolute Gasteiger partial charge is 0.391 e. The van der Waals surface area contributed by atoms with Gasteiger partial charge in [-0.15, -0.1) is 16.4 Å². The number of pyridine rings is 1. The molecule has 3 aliphatic heterocycles. The Balaban J connectivity index is 0.686. The van der Waals surface area contributed by atoms with Gasteiger partial charge < -0.3 is 25.1 Å². The number of aliphatic hydroxyl groups is 1. The van der Waals surface area contributed by atoms with Crippen LogP contribution in [0, 0.1) is 24.1 Å². The summed E-state index contributed by atoms with van der Waals surface area (Å²) in [5, 5.41) is 18.7. The number of unbranched alkanes of at least 4 members (excludes halogenated alkanes) is 2. The number of imidazole rings is 1. The van der Waals surface area contributed by atoms with Gasteiger partial charge in [-0.25, -0.2) is 23.9 Å². The summed E-state index contributed by atoms with van der Waals surface area (Å²) in [6.07, 6.45) is 6.46. The van der Waals surface area contributed by atoms with Crippen molar-refractivity contribution in [2.45, 2.75) is 110 Å². The van der Waals surface area contributed by atoms with Gasteiger partial charge in [0.25, 0.3) is 0 Å². The maximum Gasteiger partial charge on any atom is 0.234 e. The number of ketones is 2. The highest BCUT2D eigenvalue weighted by Gasteiger charge is 2.44. The van der Waals surface area contributed by atoms with Crippen LogP contribution in [0.2, 0.25) is 0 Å². The van der Waals surface area contributed by atoms with Gasteiger partial charge >= 0.3 is 0 Å². The van der Waals surface area contributed by atoms with Crippen molar-refractivity contribution in [3.05, 3.63) is 113 Å². The predicted octanol–water partition coefficient (Wildman–Crippen LogP) is 8.29. The molecule has 0 bridgehead atoms. The standard InChI is InChI=1S/C57H69FN10O5S/c1-38-55(74-37-61-38)40-20-17-39(18-21-40)19-22-50(71)48-33-44(70)35-67(48)56(73)45(57(2,3)4)32-43(69)13-6-5-7-25-59-54(72)36-64-27-29-65(30-28-64)52-16-9-14-46(62-52)49-34-60-51-23-24-53(63-68(49)51)66-26-10-15-47(66)41-11-8-12-42(58)31-41/h8-9,11-12,14,16-18,20-21,23-24,31,34,37,44-45,47-48,70H,5-7,10,13,15,19,22,25-30,32-33,35-36H2,1-4H3,(H,59,72)/t44-,45-,47-,48+/m1/s1. The van der Waals surface area contributed by atoms with E-state index in [4.69, 9.17) is 10.1 Å². The normalized spacial score (nSPS) is 18.8. The summed E-state index contributed by atoms with van der Waals surface area (Å²) in [6.45, 7) is 12.4. The lowest BCUT2D eigenvalue weighted by molar-refractivity contribution is -0.145. The summed E-state index contributed by atoms with van der Waals surface area (Å²) in [4.78, 5) is 77.5. The summed E-state index contributed by atoms with van der Waals surface area (Å²) >= 11 is 1.60. The number of fused-ring (bicyclic) bond motifs is 1. The highest BCUT2D eigenvalue weighted by molar-refractivity contribution is 7.13.